The van der Waals surface area contributed by atoms with Gasteiger partial charge in [-0.25, -0.2) is 9.59 Å². The molecule has 3 amide bonds. The second-order valence-electron chi connectivity index (χ2n) is 4.44. The van der Waals surface area contributed by atoms with Crippen molar-refractivity contribution in [2.45, 2.75) is 26.3 Å². The van der Waals surface area contributed by atoms with E-state index in [1.807, 2.05) is 0 Å². The molecule has 106 valence electrons. The van der Waals surface area contributed by atoms with E-state index in [-0.39, 0.29) is 17.2 Å². The van der Waals surface area contributed by atoms with Gasteiger partial charge in [0.15, 0.2) is 0 Å². The third-order valence-electron chi connectivity index (χ3n) is 3.22. The summed E-state index contributed by atoms with van der Waals surface area (Å²) in [7, 11) is 1.64. The van der Waals surface area contributed by atoms with Crippen molar-refractivity contribution in [2.75, 3.05) is 18.6 Å². The van der Waals surface area contributed by atoms with Gasteiger partial charge in [-0.15, -0.1) is 0 Å². The molecule has 1 fully saturated rings. The lowest BCUT2D eigenvalue weighted by molar-refractivity contribution is -0.133. The number of amides is 3. The minimum Gasteiger partial charge on any atom is -0.478 e. The Morgan fingerprint density at radius 1 is 1.26 bits per heavy atom. The quantitative estimate of drug-likeness (QED) is 0.758. The highest BCUT2D eigenvalue weighted by Gasteiger charge is 2.25. The maximum atomic E-state index is 11.9. The zero-order valence-electron chi connectivity index (χ0n) is 11.2. The van der Waals surface area contributed by atoms with Gasteiger partial charge in [0.05, 0.1) is 0 Å². The molecule has 0 spiro atoms. The van der Waals surface area contributed by atoms with Crippen LogP contribution in [0.25, 0.3) is 0 Å². The lowest BCUT2D eigenvalue weighted by Crippen LogP contribution is -2.46. The fraction of sp³-hybridized carbons (Fsp3) is 0.583. The van der Waals surface area contributed by atoms with E-state index in [4.69, 9.17) is 5.11 Å². The first kappa shape index (κ1) is 15.6. The molecular formula is C12H18N2O4S. The van der Waals surface area contributed by atoms with E-state index in [2.05, 4.69) is 5.32 Å². The predicted molar refractivity (Wildman–Crippen MR) is 73.0 cm³/mol. The summed E-state index contributed by atoms with van der Waals surface area (Å²) in [5.74, 6) is 0.0389. The molecule has 0 radical (unpaired) electrons. The van der Waals surface area contributed by atoms with Gasteiger partial charge in [-0.1, -0.05) is 0 Å². The molecule has 0 saturated carbocycles. The van der Waals surface area contributed by atoms with Crippen molar-refractivity contribution in [2.24, 2.45) is 0 Å². The van der Waals surface area contributed by atoms with Crippen molar-refractivity contribution >= 4 is 29.7 Å². The van der Waals surface area contributed by atoms with Crippen LogP contribution in [0.2, 0.25) is 0 Å². The average molecular weight is 286 g/mol. The fourth-order valence-corrected chi connectivity index (χ4v) is 2.87. The number of aliphatic carboxylic acids is 1. The van der Waals surface area contributed by atoms with Gasteiger partial charge in [0.2, 0.25) is 0 Å². The molecule has 0 aliphatic carbocycles. The van der Waals surface area contributed by atoms with E-state index in [9.17, 15) is 14.4 Å². The van der Waals surface area contributed by atoms with Crippen molar-refractivity contribution in [3.05, 3.63) is 11.1 Å². The smallest absolute Gasteiger partial charge is 0.331 e. The average Bonchev–Trinajstić information content (AvgIpc) is 2.89. The lowest BCUT2D eigenvalue weighted by atomic mass is 10.1. The number of carbonyl (C=O) groups excluding carboxylic acids is 2. The van der Waals surface area contributed by atoms with E-state index in [0.717, 1.165) is 17.9 Å². The van der Waals surface area contributed by atoms with E-state index in [1.54, 1.807) is 18.8 Å². The van der Waals surface area contributed by atoms with Crippen LogP contribution in [0, 0.1) is 0 Å². The van der Waals surface area contributed by atoms with Crippen molar-refractivity contribution < 1.29 is 19.5 Å². The Bertz CT molecular complexity index is 427. The number of carboxylic acid groups (broad SMARTS) is 1. The zero-order chi connectivity index (χ0) is 14.6. The van der Waals surface area contributed by atoms with Crippen LogP contribution in [0.1, 0.15) is 20.3 Å². The molecule has 1 heterocycles. The first-order chi connectivity index (χ1) is 8.84. The van der Waals surface area contributed by atoms with Gasteiger partial charge in [-0.05, 0) is 26.0 Å². The number of imide groups is 1. The molecular weight excluding hydrogens is 268 g/mol. The Hall–Kier alpha value is -1.50. The molecule has 1 atom stereocenters. The zero-order valence-corrected chi connectivity index (χ0v) is 12.0. The van der Waals surface area contributed by atoms with Gasteiger partial charge in [-0.3, -0.25) is 10.1 Å². The molecule has 0 aromatic rings. The number of hydrogen-bond donors (Lipinski definition) is 2. The second kappa shape index (κ2) is 6.60. The molecule has 1 aliphatic rings. The Balaban J connectivity index is 2.63. The highest BCUT2D eigenvalue weighted by atomic mass is 32.2. The Morgan fingerprint density at radius 3 is 2.37 bits per heavy atom. The van der Waals surface area contributed by atoms with E-state index in [0.29, 0.717) is 0 Å². The SMILES string of the molecule is CC(C(=O)O)=C(C)C(=O)NC(=O)N(C)C1CCSC1. The summed E-state index contributed by atoms with van der Waals surface area (Å²) in [4.78, 5) is 35.8. The summed E-state index contributed by atoms with van der Waals surface area (Å²) in [6.45, 7) is 2.72. The number of carboxylic acids is 1. The van der Waals surface area contributed by atoms with Crippen LogP contribution in [0.15, 0.2) is 11.1 Å². The van der Waals surface area contributed by atoms with Crippen molar-refractivity contribution in [3.63, 3.8) is 0 Å². The molecule has 7 heteroatoms. The van der Waals surface area contributed by atoms with Crippen molar-refractivity contribution in [1.29, 1.82) is 0 Å². The van der Waals surface area contributed by atoms with E-state index >= 15 is 0 Å². The molecule has 0 bridgehead atoms. The topological polar surface area (TPSA) is 86.7 Å². The number of urea groups is 1. The van der Waals surface area contributed by atoms with Crippen molar-refractivity contribution in [1.82, 2.24) is 10.2 Å². The third-order valence-corrected chi connectivity index (χ3v) is 4.36. The van der Waals surface area contributed by atoms with E-state index < -0.39 is 17.9 Å². The summed E-state index contributed by atoms with van der Waals surface area (Å²) >= 11 is 1.77. The van der Waals surface area contributed by atoms with Crippen LogP contribution < -0.4 is 5.32 Å². The standard InChI is InChI=1S/C12H18N2O4S/c1-7(8(2)11(16)17)10(15)13-12(18)14(3)9-4-5-19-6-9/h9H,4-6H2,1-3H3,(H,16,17)(H,13,15,18). The van der Waals surface area contributed by atoms with Crippen molar-refractivity contribution in [3.8, 4) is 0 Å². The fourth-order valence-electron chi connectivity index (χ4n) is 1.60. The number of nitrogens with zero attached hydrogens (tertiary/aromatic N) is 1. The van der Waals surface area contributed by atoms with Gasteiger partial charge < -0.3 is 10.0 Å². The molecule has 1 rings (SSSR count). The van der Waals surface area contributed by atoms with Crippen LogP contribution in [-0.4, -0.2) is 52.5 Å². The number of nitrogens with one attached hydrogen (secondary N) is 1. The first-order valence-electron chi connectivity index (χ1n) is 5.91. The summed E-state index contributed by atoms with van der Waals surface area (Å²) in [6, 6.07) is -0.363. The van der Waals surface area contributed by atoms with Gasteiger partial charge >= 0.3 is 12.0 Å². The number of hydrogen-bond acceptors (Lipinski definition) is 4. The maximum Gasteiger partial charge on any atom is 0.331 e. The largest absolute Gasteiger partial charge is 0.478 e. The molecule has 1 saturated heterocycles. The minimum atomic E-state index is -1.17. The highest BCUT2D eigenvalue weighted by molar-refractivity contribution is 7.99. The van der Waals surface area contributed by atoms with E-state index in [1.165, 1.54) is 18.7 Å². The van der Waals surface area contributed by atoms with Gasteiger partial charge in [0.1, 0.15) is 0 Å². The summed E-state index contributed by atoms with van der Waals surface area (Å²) in [5, 5.41) is 11.0. The summed E-state index contributed by atoms with van der Waals surface area (Å²) < 4.78 is 0. The number of thioether (sulfide) groups is 1. The molecule has 19 heavy (non-hydrogen) atoms. The van der Waals surface area contributed by atoms with Gasteiger partial charge in [-0.2, -0.15) is 11.8 Å². The molecule has 1 aliphatic heterocycles. The number of carbonyl (C=O) groups is 3. The lowest BCUT2D eigenvalue weighted by Gasteiger charge is -2.23. The monoisotopic (exact) mass is 286 g/mol. The van der Waals surface area contributed by atoms with Crippen LogP contribution in [-0.2, 0) is 9.59 Å². The number of rotatable bonds is 3. The third kappa shape index (κ3) is 3.99. The van der Waals surface area contributed by atoms with Crippen LogP contribution in [0.5, 0.6) is 0 Å². The first-order valence-corrected chi connectivity index (χ1v) is 7.06. The molecule has 0 aromatic carbocycles. The summed E-state index contributed by atoms with van der Waals surface area (Å²) in [6.07, 6.45) is 0.908. The molecule has 0 aromatic heterocycles. The normalized spacial score (nSPS) is 19.6. The minimum absolute atomic E-state index is 0.0371. The van der Waals surface area contributed by atoms with Crippen LogP contribution in [0.3, 0.4) is 0 Å². The highest BCUT2D eigenvalue weighted by Crippen LogP contribution is 2.21. The Kier molecular flexibility index (Phi) is 5.41. The second-order valence-corrected chi connectivity index (χ2v) is 5.59. The van der Waals surface area contributed by atoms with Gasteiger partial charge in [0.25, 0.3) is 5.91 Å². The predicted octanol–water partition coefficient (Wildman–Crippen LogP) is 1.08. The molecule has 6 nitrogen and oxygen atoms in total. The maximum absolute atomic E-state index is 11.9. The van der Waals surface area contributed by atoms with Crippen LogP contribution in [0.4, 0.5) is 4.79 Å². The van der Waals surface area contributed by atoms with Crippen LogP contribution >= 0.6 is 11.8 Å². The van der Waals surface area contributed by atoms with Gasteiger partial charge in [0, 0.05) is 30.0 Å². The molecule has 1 unspecified atom stereocenters. The Morgan fingerprint density at radius 2 is 1.89 bits per heavy atom. The Labute approximate surface area is 116 Å². The molecule has 2 N–H and O–H groups in total. The summed E-state index contributed by atoms with van der Waals surface area (Å²) in [5.41, 5.74) is -0.0283.